The third kappa shape index (κ3) is 3.89. The van der Waals surface area contributed by atoms with Crippen LogP contribution >= 0.6 is 15.9 Å². The van der Waals surface area contributed by atoms with Crippen molar-refractivity contribution in [3.63, 3.8) is 0 Å². The first-order valence-corrected chi connectivity index (χ1v) is 6.83. The summed E-state index contributed by atoms with van der Waals surface area (Å²) in [6.07, 6.45) is 1.71. The third-order valence-corrected chi connectivity index (χ3v) is 2.96. The fourth-order valence-electron chi connectivity index (χ4n) is 1.57. The molecule has 100 valence electrons. The zero-order chi connectivity index (χ0) is 13.7. The van der Waals surface area contributed by atoms with E-state index in [2.05, 4.69) is 31.4 Å². The van der Waals surface area contributed by atoms with Gasteiger partial charge in [-0.15, -0.1) is 0 Å². The van der Waals surface area contributed by atoms with Crippen LogP contribution in [0, 0.1) is 0 Å². The SMILES string of the molecule is CCCc1nc(CNC(=O)c2cccc(Br)c2)no1. The highest BCUT2D eigenvalue weighted by Crippen LogP contribution is 2.11. The first kappa shape index (κ1) is 13.7. The van der Waals surface area contributed by atoms with E-state index in [0.29, 0.717) is 17.3 Å². The lowest BCUT2D eigenvalue weighted by atomic mass is 10.2. The van der Waals surface area contributed by atoms with Crippen molar-refractivity contribution < 1.29 is 9.32 Å². The van der Waals surface area contributed by atoms with Gasteiger partial charge in [0.25, 0.3) is 5.91 Å². The fourth-order valence-corrected chi connectivity index (χ4v) is 1.97. The molecule has 1 amide bonds. The van der Waals surface area contributed by atoms with Crippen LogP contribution in [0.5, 0.6) is 0 Å². The summed E-state index contributed by atoms with van der Waals surface area (Å²) >= 11 is 3.33. The molecule has 19 heavy (non-hydrogen) atoms. The maximum Gasteiger partial charge on any atom is 0.251 e. The second-order valence-corrected chi connectivity index (χ2v) is 4.96. The number of hydrogen-bond donors (Lipinski definition) is 1. The van der Waals surface area contributed by atoms with Crippen LogP contribution in [0.2, 0.25) is 0 Å². The lowest BCUT2D eigenvalue weighted by Crippen LogP contribution is -2.23. The molecule has 1 aromatic heterocycles. The molecule has 6 heteroatoms. The molecule has 0 aliphatic carbocycles. The minimum absolute atomic E-state index is 0.164. The number of halogens is 1. The van der Waals surface area contributed by atoms with Crippen LogP contribution in [-0.2, 0) is 13.0 Å². The van der Waals surface area contributed by atoms with Crippen molar-refractivity contribution in [3.05, 3.63) is 46.0 Å². The van der Waals surface area contributed by atoms with Crippen LogP contribution in [0.15, 0.2) is 33.3 Å². The highest BCUT2D eigenvalue weighted by Gasteiger charge is 2.09. The number of aryl methyl sites for hydroxylation is 1. The predicted octanol–water partition coefficient (Wildman–Crippen LogP) is 2.71. The third-order valence-electron chi connectivity index (χ3n) is 2.47. The summed E-state index contributed by atoms with van der Waals surface area (Å²) in [7, 11) is 0. The van der Waals surface area contributed by atoms with Crippen LogP contribution < -0.4 is 5.32 Å². The zero-order valence-corrected chi connectivity index (χ0v) is 12.1. The molecule has 0 unspecified atom stereocenters. The van der Waals surface area contributed by atoms with E-state index in [0.717, 1.165) is 17.3 Å². The molecule has 5 nitrogen and oxygen atoms in total. The van der Waals surface area contributed by atoms with Gasteiger partial charge in [-0.2, -0.15) is 4.98 Å². The second-order valence-electron chi connectivity index (χ2n) is 4.05. The number of hydrogen-bond acceptors (Lipinski definition) is 4. The lowest BCUT2D eigenvalue weighted by Gasteiger charge is -2.02. The standard InChI is InChI=1S/C13H14BrN3O2/c1-2-4-12-16-11(17-19-12)8-15-13(18)9-5-3-6-10(14)7-9/h3,5-7H,2,4,8H2,1H3,(H,15,18). The van der Waals surface area contributed by atoms with Gasteiger partial charge in [-0.25, -0.2) is 0 Å². The average Bonchev–Trinajstić information content (AvgIpc) is 2.84. The van der Waals surface area contributed by atoms with Gasteiger partial charge in [-0.3, -0.25) is 4.79 Å². The van der Waals surface area contributed by atoms with Gasteiger partial charge in [0.1, 0.15) is 0 Å². The Balaban J connectivity index is 1.92. The summed E-state index contributed by atoms with van der Waals surface area (Å²) in [4.78, 5) is 16.1. The number of amides is 1. The van der Waals surface area contributed by atoms with Crippen molar-refractivity contribution in [1.82, 2.24) is 15.5 Å². The number of benzene rings is 1. The molecule has 0 aliphatic heterocycles. The van der Waals surface area contributed by atoms with E-state index in [1.165, 1.54) is 0 Å². The smallest absolute Gasteiger partial charge is 0.251 e. The second kappa shape index (κ2) is 6.47. The predicted molar refractivity (Wildman–Crippen MR) is 73.6 cm³/mol. The van der Waals surface area contributed by atoms with Crippen molar-refractivity contribution in [3.8, 4) is 0 Å². The summed E-state index contributed by atoms with van der Waals surface area (Å²) in [6.45, 7) is 2.30. The van der Waals surface area contributed by atoms with Gasteiger partial charge in [0.05, 0.1) is 6.54 Å². The minimum Gasteiger partial charge on any atom is -0.345 e. The topological polar surface area (TPSA) is 68.0 Å². The van der Waals surface area contributed by atoms with E-state index < -0.39 is 0 Å². The molecule has 1 heterocycles. The van der Waals surface area contributed by atoms with Crippen molar-refractivity contribution in [2.75, 3.05) is 0 Å². The summed E-state index contributed by atoms with van der Waals surface area (Å²) in [6, 6.07) is 7.19. The highest BCUT2D eigenvalue weighted by molar-refractivity contribution is 9.10. The van der Waals surface area contributed by atoms with Crippen LogP contribution in [-0.4, -0.2) is 16.0 Å². The molecule has 0 saturated heterocycles. The Morgan fingerprint density at radius 2 is 2.32 bits per heavy atom. The molecule has 1 N–H and O–H groups in total. The Morgan fingerprint density at radius 1 is 1.47 bits per heavy atom. The summed E-state index contributed by atoms with van der Waals surface area (Å²) in [5.74, 6) is 0.934. The average molecular weight is 324 g/mol. The molecular weight excluding hydrogens is 310 g/mol. The Labute approximate surface area is 119 Å². The lowest BCUT2D eigenvalue weighted by molar-refractivity contribution is 0.0949. The van der Waals surface area contributed by atoms with Gasteiger partial charge in [0.2, 0.25) is 5.89 Å². The van der Waals surface area contributed by atoms with E-state index in [4.69, 9.17) is 4.52 Å². The van der Waals surface area contributed by atoms with Gasteiger partial charge in [0, 0.05) is 16.5 Å². The minimum atomic E-state index is -0.164. The summed E-state index contributed by atoms with van der Waals surface area (Å²) in [5, 5.41) is 6.56. The van der Waals surface area contributed by atoms with Gasteiger partial charge in [-0.1, -0.05) is 34.1 Å². The summed E-state index contributed by atoms with van der Waals surface area (Å²) in [5.41, 5.74) is 0.589. The molecule has 0 fully saturated rings. The molecule has 0 aliphatic rings. The van der Waals surface area contributed by atoms with Crippen LogP contribution in [0.1, 0.15) is 35.4 Å². The van der Waals surface area contributed by atoms with E-state index in [9.17, 15) is 4.79 Å². The van der Waals surface area contributed by atoms with E-state index >= 15 is 0 Å². The first-order valence-electron chi connectivity index (χ1n) is 6.04. The number of carbonyl (C=O) groups excluding carboxylic acids is 1. The molecular formula is C13H14BrN3O2. The maximum atomic E-state index is 11.9. The molecule has 1 aromatic carbocycles. The van der Waals surface area contributed by atoms with Crippen molar-refractivity contribution in [1.29, 1.82) is 0 Å². The largest absolute Gasteiger partial charge is 0.345 e. The zero-order valence-electron chi connectivity index (χ0n) is 10.5. The van der Waals surface area contributed by atoms with E-state index in [-0.39, 0.29) is 12.5 Å². The molecule has 0 saturated carbocycles. The Bertz CT molecular complexity index is 569. The van der Waals surface area contributed by atoms with Crippen molar-refractivity contribution >= 4 is 21.8 Å². The van der Waals surface area contributed by atoms with E-state index in [1.807, 2.05) is 19.1 Å². The highest BCUT2D eigenvalue weighted by atomic mass is 79.9. The fraction of sp³-hybridized carbons (Fsp3) is 0.308. The number of rotatable bonds is 5. The Hall–Kier alpha value is -1.69. The maximum absolute atomic E-state index is 11.9. The number of nitrogens with one attached hydrogen (secondary N) is 1. The number of aromatic nitrogens is 2. The summed E-state index contributed by atoms with van der Waals surface area (Å²) < 4.78 is 5.91. The molecule has 0 radical (unpaired) electrons. The van der Waals surface area contributed by atoms with Gasteiger partial charge < -0.3 is 9.84 Å². The van der Waals surface area contributed by atoms with Gasteiger partial charge in [-0.05, 0) is 24.6 Å². The first-order chi connectivity index (χ1) is 9.19. The number of nitrogens with zero attached hydrogens (tertiary/aromatic N) is 2. The van der Waals surface area contributed by atoms with Crippen LogP contribution in [0.4, 0.5) is 0 Å². The Kier molecular flexibility index (Phi) is 4.68. The Morgan fingerprint density at radius 3 is 3.05 bits per heavy atom. The van der Waals surface area contributed by atoms with Crippen molar-refractivity contribution in [2.45, 2.75) is 26.3 Å². The molecule has 0 bridgehead atoms. The molecule has 0 spiro atoms. The normalized spacial score (nSPS) is 10.4. The van der Waals surface area contributed by atoms with Crippen LogP contribution in [0.25, 0.3) is 0 Å². The molecule has 2 aromatic rings. The van der Waals surface area contributed by atoms with Crippen molar-refractivity contribution in [2.24, 2.45) is 0 Å². The number of carbonyl (C=O) groups is 1. The van der Waals surface area contributed by atoms with Crippen LogP contribution in [0.3, 0.4) is 0 Å². The van der Waals surface area contributed by atoms with Gasteiger partial charge in [0.15, 0.2) is 5.82 Å². The molecule has 0 atom stereocenters. The monoisotopic (exact) mass is 323 g/mol. The quantitative estimate of drug-likeness (QED) is 0.918. The van der Waals surface area contributed by atoms with Gasteiger partial charge >= 0.3 is 0 Å². The molecule has 2 rings (SSSR count). The van der Waals surface area contributed by atoms with E-state index in [1.54, 1.807) is 12.1 Å².